The Balaban J connectivity index is 2.06. The minimum Gasteiger partial charge on any atom is -0.329 e. The number of nitrogens with one attached hydrogen (secondary N) is 1. The molecule has 2 amide bonds. The summed E-state index contributed by atoms with van der Waals surface area (Å²) < 4.78 is 39.6. The summed E-state index contributed by atoms with van der Waals surface area (Å²) in [6.07, 6.45) is 3.11. The number of amides is 2. The first-order valence-electron chi connectivity index (χ1n) is 6.96. The minimum atomic E-state index is -1.67. The van der Waals surface area contributed by atoms with E-state index in [2.05, 4.69) is 10.3 Å². The van der Waals surface area contributed by atoms with E-state index in [1.807, 2.05) is 0 Å². The number of carbonyl (C=O) groups excluding carboxylic acids is 2. The summed E-state index contributed by atoms with van der Waals surface area (Å²) in [6.45, 7) is 1.04. The molecule has 2 rings (SSSR count). The molecule has 0 aliphatic carbocycles. The average molecular weight is 337 g/mol. The molecule has 2 aromatic rings. The number of hydrogen-bond acceptors (Lipinski definition) is 3. The Labute approximate surface area is 136 Å². The summed E-state index contributed by atoms with van der Waals surface area (Å²) in [5.41, 5.74) is 0.211. The third-order valence-corrected chi connectivity index (χ3v) is 3.19. The van der Waals surface area contributed by atoms with E-state index in [0.717, 1.165) is 6.07 Å². The van der Waals surface area contributed by atoms with Crippen LogP contribution >= 0.6 is 0 Å². The number of halogens is 3. The van der Waals surface area contributed by atoms with Gasteiger partial charge in [-0.25, -0.2) is 13.2 Å². The molecule has 8 heteroatoms. The molecule has 1 aromatic heterocycles. The van der Waals surface area contributed by atoms with Gasteiger partial charge in [-0.05, 0) is 23.8 Å². The van der Waals surface area contributed by atoms with Gasteiger partial charge in [0, 0.05) is 25.9 Å². The summed E-state index contributed by atoms with van der Waals surface area (Å²) in [5, 5.41) is 2.12. The molecule has 0 aliphatic rings. The number of anilines is 1. The van der Waals surface area contributed by atoms with Crippen molar-refractivity contribution < 1.29 is 22.8 Å². The van der Waals surface area contributed by atoms with E-state index in [4.69, 9.17) is 0 Å². The molecule has 5 nitrogen and oxygen atoms in total. The first kappa shape index (κ1) is 17.5. The van der Waals surface area contributed by atoms with Crippen molar-refractivity contribution in [3.63, 3.8) is 0 Å². The van der Waals surface area contributed by atoms with Crippen molar-refractivity contribution in [1.82, 2.24) is 9.88 Å². The molecule has 0 saturated carbocycles. The molecule has 24 heavy (non-hydrogen) atoms. The highest BCUT2D eigenvalue weighted by molar-refractivity contribution is 5.94. The topological polar surface area (TPSA) is 62.3 Å². The second-order valence-corrected chi connectivity index (χ2v) is 5.01. The Morgan fingerprint density at radius 3 is 2.54 bits per heavy atom. The van der Waals surface area contributed by atoms with E-state index in [-0.39, 0.29) is 19.0 Å². The molecule has 0 bridgehead atoms. The van der Waals surface area contributed by atoms with Gasteiger partial charge in [0.1, 0.15) is 6.54 Å². The van der Waals surface area contributed by atoms with Gasteiger partial charge in [-0.15, -0.1) is 0 Å². The summed E-state index contributed by atoms with van der Waals surface area (Å²) in [4.78, 5) is 28.7. The fraction of sp³-hybridized carbons (Fsp3) is 0.188. The van der Waals surface area contributed by atoms with Gasteiger partial charge in [0.05, 0.1) is 5.69 Å². The average Bonchev–Trinajstić information content (AvgIpc) is 2.56. The van der Waals surface area contributed by atoms with Crippen LogP contribution in [0.25, 0.3) is 0 Å². The van der Waals surface area contributed by atoms with E-state index in [1.54, 1.807) is 24.5 Å². The van der Waals surface area contributed by atoms with Crippen molar-refractivity contribution in [1.29, 1.82) is 0 Å². The minimum absolute atomic E-state index is 0.136. The smallest absolute Gasteiger partial charge is 0.244 e. The zero-order valence-corrected chi connectivity index (χ0v) is 12.7. The largest absolute Gasteiger partial charge is 0.329 e. The van der Waals surface area contributed by atoms with Gasteiger partial charge in [-0.3, -0.25) is 14.6 Å². The molecule has 1 heterocycles. The molecule has 0 spiro atoms. The number of nitrogens with zero attached hydrogens (tertiary/aromatic N) is 2. The third-order valence-electron chi connectivity index (χ3n) is 3.19. The molecule has 1 N–H and O–H groups in total. The number of hydrogen-bond donors (Lipinski definition) is 1. The van der Waals surface area contributed by atoms with E-state index in [1.165, 1.54) is 11.8 Å². The molecule has 0 radical (unpaired) electrons. The molecule has 1 aromatic carbocycles. The maximum Gasteiger partial charge on any atom is 0.244 e. The Bertz CT molecular complexity index is 754. The molecular weight excluding hydrogens is 323 g/mol. The zero-order chi connectivity index (χ0) is 17.7. The summed E-state index contributed by atoms with van der Waals surface area (Å²) >= 11 is 0. The molecular formula is C16H14F3N3O2. The summed E-state index contributed by atoms with van der Waals surface area (Å²) in [5.74, 6) is -5.64. The maximum absolute atomic E-state index is 13.5. The molecule has 0 unspecified atom stereocenters. The lowest BCUT2D eigenvalue weighted by Gasteiger charge is -2.20. The number of carbonyl (C=O) groups is 2. The van der Waals surface area contributed by atoms with Crippen molar-refractivity contribution in [2.45, 2.75) is 13.5 Å². The van der Waals surface area contributed by atoms with E-state index < -0.39 is 29.0 Å². The van der Waals surface area contributed by atoms with Crippen LogP contribution in [0, 0.1) is 17.5 Å². The highest BCUT2D eigenvalue weighted by Crippen LogP contribution is 2.19. The van der Waals surface area contributed by atoms with Gasteiger partial charge in [-0.1, -0.05) is 6.07 Å². The van der Waals surface area contributed by atoms with Crippen LogP contribution in [0.5, 0.6) is 0 Å². The van der Waals surface area contributed by atoms with Crippen molar-refractivity contribution >= 4 is 17.5 Å². The second-order valence-electron chi connectivity index (χ2n) is 5.01. The van der Waals surface area contributed by atoms with Crippen LogP contribution in [0.15, 0.2) is 36.7 Å². The first-order chi connectivity index (χ1) is 11.4. The number of pyridine rings is 1. The van der Waals surface area contributed by atoms with Crippen molar-refractivity contribution in [2.75, 3.05) is 11.9 Å². The third kappa shape index (κ3) is 4.31. The second kappa shape index (κ2) is 7.58. The standard InChI is InChI=1S/C16H14F3N3O2/c1-10(23)22(8-11-3-2-6-20-7-11)9-14(24)21-13-5-4-12(17)15(18)16(13)19/h2-7H,8-9H2,1H3,(H,21,24). The maximum atomic E-state index is 13.5. The number of benzene rings is 1. The molecule has 0 aliphatic heterocycles. The van der Waals surface area contributed by atoms with Crippen LogP contribution < -0.4 is 5.32 Å². The van der Waals surface area contributed by atoms with Gasteiger partial charge in [0.15, 0.2) is 17.5 Å². The van der Waals surface area contributed by atoms with Crippen LogP contribution in [0.4, 0.5) is 18.9 Å². The first-order valence-corrected chi connectivity index (χ1v) is 6.96. The number of rotatable bonds is 5. The molecule has 0 atom stereocenters. The van der Waals surface area contributed by atoms with Gasteiger partial charge in [0.25, 0.3) is 0 Å². The lowest BCUT2D eigenvalue weighted by molar-refractivity contribution is -0.133. The molecule has 0 saturated heterocycles. The monoisotopic (exact) mass is 337 g/mol. The lowest BCUT2D eigenvalue weighted by Crippen LogP contribution is -2.36. The lowest BCUT2D eigenvalue weighted by atomic mass is 10.2. The SMILES string of the molecule is CC(=O)N(CC(=O)Nc1ccc(F)c(F)c1F)Cc1cccnc1. The van der Waals surface area contributed by atoms with Gasteiger partial charge >= 0.3 is 0 Å². The summed E-state index contributed by atoms with van der Waals surface area (Å²) in [7, 11) is 0. The Morgan fingerprint density at radius 1 is 1.17 bits per heavy atom. The van der Waals surface area contributed by atoms with Crippen molar-refractivity contribution in [3.05, 3.63) is 59.7 Å². The fourth-order valence-corrected chi connectivity index (χ4v) is 1.98. The van der Waals surface area contributed by atoms with Crippen LogP contribution in [0.3, 0.4) is 0 Å². The normalized spacial score (nSPS) is 10.3. The quantitative estimate of drug-likeness (QED) is 0.853. The number of aromatic nitrogens is 1. The van der Waals surface area contributed by atoms with Crippen molar-refractivity contribution in [3.8, 4) is 0 Å². The van der Waals surface area contributed by atoms with Crippen LogP contribution in [0.2, 0.25) is 0 Å². The molecule has 0 fully saturated rings. The van der Waals surface area contributed by atoms with Gasteiger partial charge in [-0.2, -0.15) is 0 Å². The zero-order valence-electron chi connectivity index (χ0n) is 12.7. The Morgan fingerprint density at radius 2 is 1.92 bits per heavy atom. The van der Waals surface area contributed by atoms with Crippen LogP contribution in [-0.2, 0) is 16.1 Å². The van der Waals surface area contributed by atoms with Crippen molar-refractivity contribution in [2.24, 2.45) is 0 Å². The van der Waals surface area contributed by atoms with Gasteiger partial charge in [0.2, 0.25) is 11.8 Å². The van der Waals surface area contributed by atoms with Gasteiger partial charge < -0.3 is 10.2 Å². The van der Waals surface area contributed by atoms with E-state index in [9.17, 15) is 22.8 Å². The van der Waals surface area contributed by atoms with E-state index >= 15 is 0 Å². The predicted octanol–water partition coefficient (Wildman–Crippen LogP) is 2.49. The Kier molecular flexibility index (Phi) is 5.51. The molecule has 126 valence electrons. The summed E-state index contributed by atoms with van der Waals surface area (Å²) in [6, 6.07) is 5.03. The predicted molar refractivity (Wildman–Crippen MR) is 80.3 cm³/mol. The van der Waals surface area contributed by atoms with Crippen LogP contribution in [-0.4, -0.2) is 28.2 Å². The highest BCUT2D eigenvalue weighted by atomic mass is 19.2. The highest BCUT2D eigenvalue weighted by Gasteiger charge is 2.18. The van der Waals surface area contributed by atoms with Crippen LogP contribution in [0.1, 0.15) is 12.5 Å². The Hall–Kier alpha value is -2.90. The van der Waals surface area contributed by atoms with E-state index in [0.29, 0.717) is 11.6 Å². The fourth-order valence-electron chi connectivity index (χ4n) is 1.98.